The normalized spacial score (nSPS) is 12.6. The van der Waals surface area contributed by atoms with Crippen LogP contribution in [0.2, 0.25) is 0 Å². The van der Waals surface area contributed by atoms with Crippen molar-refractivity contribution < 1.29 is 4.79 Å². The number of nitrogens with one attached hydrogen (secondary N) is 1. The predicted octanol–water partition coefficient (Wildman–Crippen LogP) is 3.69. The van der Waals surface area contributed by atoms with Crippen LogP contribution in [-0.2, 0) is 4.79 Å². The maximum Gasteiger partial charge on any atom is 0.246 e. The summed E-state index contributed by atoms with van der Waals surface area (Å²) in [5, 5.41) is 1.15. The van der Waals surface area contributed by atoms with Crippen LogP contribution in [0.15, 0.2) is 48.8 Å². The molecule has 5 nitrogen and oxygen atoms in total. The number of likely N-dealkylation sites (N-methyl/N-ethyl adjacent to an activating group) is 1. The van der Waals surface area contributed by atoms with Gasteiger partial charge in [-0.25, -0.2) is 4.98 Å². The number of carbonyl (C=O) groups excluding carboxylic acids is 1. The van der Waals surface area contributed by atoms with Gasteiger partial charge >= 0.3 is 0 Å². The minimum Gasteiger partial charge on any atom is -0.384 e. The van der Waals surface area contributed by atoms with Gasteiger partial charge in [0.05, 0.1) is 6.04 Å². The topological polar surface area (TPSA) is 75.0 Å². The first-order chi connectivity index (χ1) is 12.0. The third kappa shape index (κ3) is 3.40. The van der Waals surface area contributed by atoms with E-state index in [2.05, 4.69) is 29.0 Å². The van der Waals surface area contributed by atoms with Gasteiger partial charge in [0, 0.05) is 36.4 Å². The Bertz CT molecular complexity index is 925. The van der Waals surface area contributed by atoms with Crippen LogP contribution in [0.1, 0.15) is 29.7 Å². The van der Waals surface area contributed by atoms with Gasteiger partial charge < -0.3 is 15.6 Å². The van der Waals surface area contributed by atoms with Crippen molar-refractivity contribution in [2.24, 2.45) is 0 Å². The van der Waals surface area contributed by atoms with Gasteiger partial charge in [0.25, 0.3) is 0 Å². The monoisotopic (exact) mass is 334 g/mol. The van der Waals surface area contributed by atoms with Crippen molar-refractivity contribution in [1.29, 1.82) is 0 Å². The number of nitrogen functional groups attached to an aromatic ring is 1. The van der Waals surface area contributed by atoms with Gasteiger partial charge in [-0.1, -0.05) is 18.2 Å². The lowest BCUT2D eigenvalue weighted by Gasteiger charge is -2.23. The number of para-hydroxylation sites is 1. The SMILES string of the molecule is Cc1cccc2c(C(C)N(C)C(=O)C=Cc3ccc(N)nc3)c[nH]c12. The van der Waals surface area contributed by atoms with Gasteiger partial charge in [-0.3, -0.25) is 4.79 Å². The molecule has 1 unspecified atom stereocenters. The lowest BCUT2D eigenvalue weighted by Crippen LogP contribution is -2.27. The molecule has 128 valence electrons. The number of aromatic nitrogens is 2. The fraction of sp³-hybridized carbons (Fsp3) is 0.200. The third-order valence-corrected chi connectivity index (χ3v) is 4.56. The van der Waals surface area contributed by atoms with Gasteiger partial charge in [0.2, 0.25) is 5.91 Å². The maximum absolute atomic E-state index is 12.5. The molecule has 3 N–H and O–H groups in total. The fourth-order valence-electron chi connectivity index (χ4n) is 2.87. The van der Waals surface area contributed by atoms with Crippen LogP contribution in [0.25, 0.3) is 17.0 Å². The molecular formula is C20H22N4O. The lowest BCUT2D eigenvalue weighted by atomic mass is 10.0. The number of benzene rings is 1. The minimum absolute atomic E-state index is 0.0442. The standard InChI is InChI=1S/C20H22N4O/c1-13-5-4-6-16-17(12-23-20(13)16)14(2)24(3)19(25)10-8-15-7-9-18(21)22-11-15/h4-12,14,23H,1-3H3,(H2,21,22). The molecule has 1 atom stereocenters. The number of anilines is 1. The van der Waals surface area contributed by atoms with Crippen molar-refractivity contribution in [3.8, 4) is 0 Å². The molecule has 1 aromatic carbocycles. The summed E-state index contributed by atoms with van der Waals surface area (Å²) in [6.07, 6.45) is 6.94. The molecular weight excluding hydrogens is 312 g/mol. The Morgan fingerprint density at radius 3 is 2.84 bits per heavy atom. The average molecular weight is 334 g/mol. The molecule has 0 aliphatic rings. The highest BCUT2D eigenvalue weighted by atomic mass is 16.2. The van der Waals surface area contributed by atoms with E-state index in [0.29, 0.717) is 5.82 Å². The maximum atomic E-state index is 12.5. The van der Waals surface area contributed by atoms with Crippen molar-refractivity contribution in [2.45, 2.75) is 19.9 Å². The minimum atomic E-state index is -0.0636. The van der Waals surface area contributed by atoms with Crippen LogP contribution in [0.4, 0.5) is 5.82 Å². The number of carbonyl (C=O) groups is 1. The van der Waals surface area contributed by atoms with E-state index in [-0.39, 0.29) is 11.9 Å². The molecule has 3 rings (SSSR count). The highest BCUT2D eigenvalue weighted by Gasteiger charge is 2.19. The summed E-state index contributed by atoms with van der Waals surface area (Å²) in [5.74, 6) is 0.398. The van der Waals surface area contributed by atoms with Crippen LogP contribution < -0.4 is 5.73 Å². The summed E-state index contributed by atoms with van der Waals surface area (Å²) in [4.78, 5) is 21.6. The quantitative estimate of drug-likeness (QED) is 0.715. The third-order valence-electron chi connectivity index (χ3n) is 4.56. The number of fused-ring (bicyclic) bond motifs is 1. The highest BCUT2D eigenvalue weighted by molar-refractivity contribution is 5.93. The van der Waals surface area contributed by atoms with E-state index < -0.39 is 0 Å². The molecule has 1 amide bonds. The largest absolute Gasteiger partial charge is 0.384 e. The zero-order chi connectivity index (χ0) is 18.0. The Morgan fingerprint density at radius 1 is 1.32 bits per heavy atom. The van der Waals surface area contributed by atoms with Crippen LogP contribution in [-0.4, -0.2) is 27.8 Å². The number of nitrogens with zero attached hydrogens (tertiary/aromatic N) is 2. The number of hydrogen-bond acceptors (Lipinski definition) is 3. The van der Waals surface area contributed by atoms with Crippen LogP contribution >= 0.6 is 0 Å². The molecule has 0 spiro atoms. The van der Waals surface area contributed by atoms with Crippen LogP contribution in [0.3, 0.4) is 0 Å². The van der Waals surface area contributed by atoms with Crippen molar-refractivity contribution >= 4 is 28.7 Å². The van der Waals surface area contributed by atoms with Crippen molar-refractivity contribution in [2.75, 3.05) is 12.8 Å². The summed E-state index contributed by atoms with van der Waals surface area (Å²) < 4.78 is 0. The summed E-state index contributed by atoms with van der Waals surface area (Å²) in [6.45, 7) is 4.10. The predicted molar refractivity (Wildman–Crippen MR) is 102 cm³/mol. The molecule has 2 aromatic heterocycles. The summed E-state index contributed by atoms with van der Waals surface area (Å²) in [7, 11) is 1.81. The Morgan fingerprint density at radius 2 is 2.12 bits per heavy atom. The second-order valence-electron chi connectivity index (χ2n) is 6.22. The van der Waals surface area contributed by atoms with Crippen LogP contribution in [0.5, 0.6) is 0 Å². The first kappa shape index (κ1) is 16.8. The Labute approximate surface area is 147 Å². The van der Waals surface area contributed by atoms with E-state index in [1.54, 1.807) is 29.3 Å². The fourth-order valence-corrected chi connectivity index (χ4v) is 2.87. The number of aryl methyl sites for hydroxylation is 1. The zero-order valence-electron chi connectivity index (χ0n) is 14.7. The molecule has 0 aliphatic heterocycles. The van der Waals surface area contributed by atoms with Gasteiger partial charge in [0.1, 0.15) is 5.82 Å². The Kier molecular flexibility index (Phi) is 4.57. The van der Waals surface area contributed by atoms with E-state index in [0.717, 1.165) is 22.0 Å². The summed E-state index contributed by atoms with van der Waals surface area (Å²) in [5.41, 5.74) is 9.83. The molecule has 3 aromatic rings. The van der Waals surface area contributed by atoms with Crippen LogP contribution in [0, 0.1) is 6.92 Å². The number of aromatic amines is 1. The molecule has 0 saturated heterocycles. The van der Waals surface area contributed by atoms with Crippen molar-refractivity contribution in [3.63, 3.8) is 0 Å². The van der Waals surface area contributed by atoms with E-state index in [4.69, 9.17) is 5.73 Å². The zero-order valence-corrected chi connectivity index (χ0v) is 14.7. The number of hydrogen-bond donors (Lipinski definition) is 2. The molecule has 5 heteroatoms. The smallest absolute Gasteiger partial charge is 0.246 e. The number of amides is 1. The number of pyridine rings is 1. The molecule has 0 saturated carbocycles. The Hall–Kier alpha value is -3.08. The first-order valence-corrected chi connectivity index (χ1v) is 8.20. The highest BCUT2D eigenvalue weighted by Crippen LogP contribution is 2.29. The van der Waals surface area contributed by atoms with Crippen molar-refractivity contribution in [1.82, 2.24) is 14.9 Å². The van der Waals surface area contributed by atoms with Gasteiger partial charge in [-0.2, -0.15) is 0 Å². The number of rotatable bonds is 4. The molecule has 0 aliphatic carbocycles. The van der Waals surface area contributed by atoms with Gasteiger partial charge in [-0.15, -0.1) is 0 Å². The lowest BCUT2D eigenvalue weighted by molar-refractivity contribution is -0.126. The second-order valence-corrected chi connectivity index (χ2v) is 6.22. The average Bonchev–Trinajstić information content (AvgIpc) is 3.05. The van der Waals surface area contributed by atoms with E-state index in [1.165, 1.54) is 5.56 Å². The molecule has 0 radical (unpaired) electrons. The van der Waals surface area contributed by atoms with Gasteiger partial charge in [-0.05, 0) is 48.7 Å². The molecule has 0 bridgehead atoms. The molecule has 2 heterocycles. The van der Waals surface area contributed by atoms with Crippen molar-refractivity contribution in [3.05, 3.63) is 65.5 Å². The first-order valence-electron chi connectivity index (χ1n) is 8.20. The molecule has 25 heavy (non-hydrogen) atoms. The second kappa shape index (κ2) is 6.81. The van der Waals surface area contributed by atoms with E-state index in [9.17, 15) is 4.79 Å². The van der Waals surface area contributed by atoms with E-state index >= 15 is 0 Å². The number of nitrogens with two attached hydrogens (primary N) is 1. The summed E-state index contributed by atoms with van der Waals surface area (Å²) in [6, 6.07) is 9.70. The van der Waals surface area contributed by atoms with E-state index in [1.807, 2.05) is 32.3 Å². The van der Waals surface area contributed by atoms with Gasteiger partial charge in [0.15, 0.2) is 0 Å². The molecule has 0 fully saturated rings. The Balaban J connectivity index is 1.79. The number of H-pyrrole nitrogens is 1. The summed E-state index contributed by atoms with van der Waals surface area (Å²) >= 11 is 0.